The van der Waals surface area contributed by atoms with Gasteiger partial charge in [-0.3, -0.25) is 4.98 Å². The van der Waals surface area contributed by atoms with Crippen molar-refractivity contribution in [3.05, 3.63) is 35.9 Å². The number of aromatic nitrogens is 1. The molecule has 1 aromatic carbocycles. The van der Waals surface area contributed by atoms with Crippen molar-refractivity contribution < 1.29 is 9.13 Å². The van der Waals surface area contributed by atoms with Crippen molar-refractivity contribution in [3.8, 4) is 5.75 Å². The Labute approximate surface area is 143 Å². The van der Waals surface area contributed by atoms with Crippen molar-refractivity contribution in [2.75, 3.05) is 0 Å². The molecule has 0 unspecified atom stereocenters. The van der Waals surface area contributed by atoms with E-state index in [1.807, 2.05) is 13.0 Å². The van der Waals surface area contributed by atoms with Gasteiger partial charge in [-0.25, -0.2) is 4.39 Å². The van der Waals surface area contributed by atoms with Crippen molar-refractivity contribution in [1.82, 2.24) is 4.98 Å². The number of nitrogens with two attached hydrogens (primary N) is 1. The van der Waals surface area contributed by atoms with E-state index in [0.717, 1.165) is 48.4 Å². The van der Waals surface area contributed by atoms with Crippen LogP contribution in [-0.2, 0) is 0 Å². The predicted octanol–water partition coefficient (Wildman–Crippen LogP) is 4.75. The second-order valence-corrected chi connectivity index (χ2v) is 7.23. The third-order valence-corrected chi connectivity index (χ3v) is 5.98. The van der Waals surface area contributed by atoms with Gasteiger partial charge >= 0.3 is 0 Å². The molecule has 1 atom stereocenters. The van der Waals surface area contributed by atoms with E-state index in [2.05, 4.69) is 18.8 Å². The number of nitrogens with zero attached hydrogens (tertiary/aromatic N) is 1. The first-order valence-electron chi connectivity index (χ1n) is 8.92. The number of hydrogen-bond donors (Lipinski definition) is 1. The van der Waals surface area contributed by atoms with Crippen LogP contribution in [0.2, 0.25) is 0 Å². The van der Waals surface area contributed by atoms with Crippen LogP contribution in [0, 0.1) is 18.2 Å². The van der Waals surface area contributed by atoms with Crippen LogP contribution in [0.25, 0.3) is 10.8 Å². The smallest absolute Gasteiger partial charge is 0.166 e. The average molecular weight is 330 g/mol. The molecule has 24 heavy (non-hydrogen) atoms. The molecular formula is C20H27FN2O. The molecule has 2 aromatic rings. The first-order chi connectivity index (χ1) is 11.5. The lowest BCUT2D eigenvalue weighted by atomic mass is 9.67. The molecule has 1 aliphatic rings. The van der Waals surface area contributed by atoms with E-state index in [1.54, 1.807) is 12.4 Å². The topological polar surface area (TPSA) is 48.1 Å². The molecule has 130 valence electrons. The number of halogens is 1. The number of rotatable bonds is 4. The second kappa shape index (κ2) is 6.67. The first-order valence-corrected chi connectivity index (χ1v) is 8.92. The summed E-state index contributed by atoms with van der Waals surface area (Å²) in [6.45, 7) is 6.24. The quantitative estimate of drug-likeness (QED) is 0.880. The lowest BCUT2D eigenvalue weighted by Crippen LogP contribution is -2.43. The maximum Gasteiger partial charge on any atom is 0.166 e. The molecule has 0 spiro atoms. The summed E-state index contributed by atoms with van der Waals surface area (Å²) in [5.41, 5.74) is 7.28. The van der Waals surface area contributed by atoms with E-state index in [1.165, 1.54) is 6.07 Å². The molecular weight excluding hydrogens is 303 g/mol. The third-order valence-electron chi connectivity index (χ3n) is 5.98. The first kappa shape index (κ1) is 17.2. The molecule has 1 heterocycles. The van der Waals surface area contributed by atoms with Gasteiger partial charge in [0, 0.05) is 29.4 Å². The fourth-order valence-corrected chi connectivity index (χ4v) is 4.09. The number of hydrogen-bond acceptors (Lipinski definition) is 3. The van der Waals surface area contributed by atoms with Gasteiger partial charge in [0.2, 0.25) is 0 Å². The molecule has 0 bridgehead atoms. The van der Waals surface area contributed by atoms with Crippen LogP contribution in [0.5, 0.6) is 5.75 Å². The van der Waals surface area contributed by atoms with Gasteiger partial charge in [-0.05, 0) is 68.9 Å². The minimum absolute atomic E-state index is 0.0657. The Morgan fingerprint density at radius 3 is 2.75 bits per heavy atom. The van der Waals surface area contributed by atoms with E-state index in [0.29, 0.717) is 5.75 Å². The molecule has 2 N–H and O–H groups in total. The van der Waals surface area contributed by atoms with Crippen LogP contribution in [0.15, 0.2) is 24.5 Å². The number of ether oxygens (including phenoxy) is 1. The molecule has 1 aromatic heterocycles. The van der Waals surface area contributed by atoms with Crippen LogP contribution < -0.4 is 10.5 Å². The normalized spacial score (nSPS) is 25.6. The predicted molar refractivity (Wildman–Crippen MR) is 95.7 cm³/mol. The fourth-order valence-electron chi connectivity index (χ4n) is 4.09. The van der Waals surface area contributed by atoms with E-state index in [4.69, 9.17) is 10.5 Å². The molecule has 4 heteroatoms. The zero-order valence-corrected chi connectivity index (χ0v) is 14.8. The summed E-state index contributed by atoms with van der Waals surface area (Å²) in [5, 5.41) is 1.81. The highest BCUT2D eigenvalue weighted by atomic mass is 19.1. The summed E-state index contributed by atoms with van der Waals surface area (Å²) in [6.07, 6.45) is 8.53. The minimum Gasteiger partial charge on any atom is -0.487 e. The fraction of sp³-hybridized carbons (Fsp3) is 0.550. The minimum atomic E-state index is -0.299. The Balaban J connectivity index is 1.79. The van der Waals surface area contributed by atoms with Crippen LogP contribution >= 0.6 is 0 Å². The zero-order chi connectivity index (χ0) is 17.3. The maximum absolute atomic E-state index is 14.5. The van der Waals surface area contributed by atoms with E-state index >= 15 is 0 Å². The van der Waals surface area contributed by atoms with E-state index < -0.39 is 0 Å². The number of fused-ring (bicyclic) bond motifs is 1. The second-order valence-electron chi connectivity index (χ2n) is 7.23. The Morgan fingerprint density at radius 1 is 1.42 bits per heavy atom. The molecule has 1 aliphatic carbocycles. The average Bonchev–Trinajstić information content (AvgIpc) is 2.59. The highest BCUT2D eigenvalue weighted by Gasteiger charge is 2.37. The Morgan fingerprint density at radius 2 is 2.12 bits per heavy atom. The highest BCUT2D eigenvalue weighted by Crippen LogP contribution is 2.43. The number of pyridine rings is 1. The zero-order valence-electron chi connectivity index (χ0n) is 14.8. The summed E-state index contributed by atoms with van der Waals surface area (Å²) in [5.74, 6) is 0.0935. The molecule has 1 fully saturated rings. The highest BCUT2D eigenvalue weighted by molar-refractivity contribution is 5.86. The van der Waals surface area contributed by atoms with Gasteiger partial charge in [0.25, 0.3) is 0 Å². The maximum atomic E-state index is 14.5. The third kappa shape index (κ3) is 3.00. The standard InChI is InChI=1S/C20H27FN2O/c1-4-20(14(3)22)8-5-16(6-9-20)24-19-13(2)17-7-10-23-12-15(17)11-18(19)21/h7,10-12,14,16H,4-6,8-9,22H2,1-3H3/t14-,16-,20+/m0/s1. The monoisotopic (exact) mass is 330 g/mol. The van der Waals surface area contributed by atoms with E-state index in [-0.39, 0.29) is 23.4 Å². The lowest BCUT2D eigenvalue weighted by molar-refractivity contribution is 0.0594. The Kier molecular flexibility index (Phi) is 4.77. The van der Waals surface area contributed by atoms with E-state index in [9.17, 15) is 4.39 Å². The summed E-state index contributed by atoms with van der Waals surface area (Å²) >= 11 is 0. The van der Waals surface area contributed by atoms with Gasteiger partial charge in [0.05, 0.1) is 6.10 Å². The van der Waals surface area contributed by atoms with Crippen LogP contribution in [-0.4, -0.2) is 17.1 Å². The van der Waals surface area contributed by atoms with Gasteiger partial charge in [-0.2, -0.15) is 0 Å². The van der Waals surface area contributed by atoms with Crippen molar-refractivity contribution in [3.63, 3.8) is 0 Å². The Hall–Kier alpha value is -1.68. The molecule has 1 saturated carbocycles. The van der Waals surface area contributed by atoms with Crippen LogP contribution in [0.3, 0.4) is 0 Å². The summed E-state index contributed by atoms with van der Waals surface area (Å²) < 4.78 is 20.6. The SMILES string of the molecule is CC[C@]1([C@H](C)N)CC[C@@H](Oc2c(F)cc3cnccc3c2C)CC1. The largest absolute Gasteiger partial charge is 0.487 e. The van der Waals surface area contributed by atoms with Crippen molar-refractivity contribution in [2.45, 2.75) is 65.0 Å². The van der Waals surface area contributed by atoms with Gasteiger partial charge in [0.1, 0.15) is 0 Å². The van der Waals surface area contributed by atoms with Crippen molar-refractivity contribution in [1.29, 1.82) is 0 Å². The molecule has 3 nitrogen and oxygen atoms in total. The summed E-state index contributed by atoms with van der Waals surface area (Å²) in [4.78, 5) is 4.06. The van der Waals surface area contributed by atoms with Gasteiger partial charge in [0.15, 0.2) is 11.6 Å². The summed E-state index contributed by atoms with van der Waals surface area (Å²) in [6, 6.07) is 3.62. The van der Waals surface area contributed by atoms with Crippen LogP contribution in [0.4, 0.5) is 4.39 Å². The molecule has 0 aliphatic heterocycles. The number of benzene rings is 1. The molecule has 0 amide bonds. The molecule has 0 saturated heterocycles. The van der Waals surface area contributed by atoms with Gasteiger partial charge < -0.3 is 10.5 Å². The van der Waals surface area contributed by atoms with Crippen molar-refractivity contribution in [2.24, 2.45) is 11.1 Å². The molecule has 3 rings (SSSR count). The van der Waals surface area contributed by atoms with Gasteiger partial charge in [-0.1, -0.05) is 6.92 Å². The van der Waals surface area contributed by atoms with Gasteiger partial charge in [-0.15, -0.1) is 0 Å². The molecule has 0 radical (unpaired) electrons. The van der Waals surface area contributed by atoms with Crippen LogP contribution in [0.1, 0.15) is 51.5 Å². The number of aryl methyl sites for hydroxylation is 1. The van der Waals surface area contributed by atoms with Crippen molar-refractivity contribution >= 4 is 10.8 Å². The lowest BCUT2D eigenvalue weighted by Gasteiger charge is -2.42. The Bertz CT molecular complexity index is 721. The summed E-state index contributed by atoms with van der Waals surface area (Å²) in [7, 11) is 0.